The lowest BCUT2D eigenvalue weighted by Crippen LogP contribution is -2.09. The normalized spacial score (nSPS) is 10.3. The van der Waals surface area contributed by atoms with Crippen LogP contribution in [0.25, 0.3) is 0 Å². The summed E-state index contributed by atoms with van der Waals surface area (Å²) in [5.41, 5.74) is 1.30. The van der Waals surface area contributed by atoms with Crippen LogP contribution in [-0.4, -0.2) is 27.3 Å². The molecule has 18 heavy (non-hydrogen) atoms. The first-order chi connectivity index (χ1) is 8.66. The minimum Gasteiger partial charge on any atom is -0.462 e. The average Bonchev–Trinajstić information content (AvgIpc) is 2.75. The van der Waals surface area contributed by atoms with Crippen LogP contribution in [0.15, 0.2) is 30.7 Å². The quantitative estimate of drug-likeness (QED) is 0.626. The summed E-state index contributed by atoms with van der Waals surface area (Å²) in [6.07, 6.45) is 5.77. The lowest BCUT2D eigenvalue weighted by molar-refractivity contribution is 0.0509. The van der Waals surface area contributed by atoms with Crippen LogP contribution in [0.4, 0.5) is 0 Å². The summed E-state index contributed by atoms with van der Waals surface area (Å²) >= 11 is 5.79. The molecule has 0 saturated heterocycles. The summed E-state index contributed by atoms with van der Waals surface area (Å²) in [7, 11) is 1.84. The van der Waals surface area contributed by atoms with Gasteiger partial charge < -0.3 is 4.74 Å². The Morgan fingerprint density at radius 2 is 2.39 bits per heavy atom. The van der Waals surface area contributed by atoms with Crippen molar-refractivity contribution in [3.8, 4) is 0 Å². The van der Waals surface area contributed by atoms with Gasteiger partial charge in [-0.05, 0) is 17.7 Å². The summed E-state index contributed by atoms with van der Waals surface area (Å²) in [5, 5.41) is 4.19. The molecule has 0 aliphatic rings. The molecule has 2 aromatic heterocycles. The van der Waals surface area contributed by atoms with Gasteiger partial charge in [0.05, 0.1) is 18.4 Å². The van der Waals surface area contributed by atoms with Crippen molar-refractivity contribution in [2.45, 2.75) is 6.42 Å². The van der Waals surface area contributed by atoms with Crippen LogP contribution in [-0.2, 0) is 18.2 Å². The molecule has 0 bridgehead atoms. The van der Waals surface area contributed by atoms with Crippen LogP contribution in [0, 0.1) is 0 Å². The predicted molar refractivity (Wildman–Crippen MR) is 66.4 cm³/mol. The maximum atomic E-state index is 11.7. The van der Waals surface area contributed by atoms with Gasteiger partial charge in [0.25, 0.3) is 0 Å². The molecule has 0 atom stereocenters. The molecule has 2 rings (SSSR count). The number of carbonyl (C=O) groups is 1. The van der Waals surface area contributed by atoms with Gasteiger partial charge in [0.2, 0.25) is 0 Å². The van der Waals surface area contributed by atoms with E-state index in [9.17, 15) is 4.79 Å². The summed E-state index contributed by atoms with van der Waals surface area (Å²) < 4.78 is 6.83. The molecule has 6 heteroatoms. The van der Waals surface area contributed by atoms with Gasteiger partial charge in [-0.15, -0.1) is 0 Å². The minimum atomic E-state index is -0.461. The Kier molecular flexibility index (Phi) is 3.94. The van der Waals surface area contributed by atoms with Crippen molar-refractivity contribution in [2.24, 2.45) is 7.05 Å². The van der Waals surface area contributed by atoms with E-state index < -0.39 is 5.97 Å². The van der Waals surface area contributed by atoms with Crippen molar-refractivity contribution in [1.82, 2.24) is 14.8 Å². The van der Waals surface area contributed by atoms with Gasteiger partial charge in [-0.1, -0.05) is 11.6 Å². The monoisotopic (exact) mass is 265 g/mol. The molecule has 5 nitrogen and oxygen atoms in total. The molecule has 2 heterocycles. The zero-order valence-corrected chi connectivity index (χ0v) is 10.6. The summed E-state index contributed by atoms with van der Waals surface area (Å²) in [5.74, 6) is -0.461. The summed E-state index contributed by atoms with van der Waals surface area (Å²) in [4.78, 5) is 15.5. The number of hydrogen-bond donors (Lipinski definition) is 0. The van der Waals surface area contributed by atoms with E-state index in [1.54, 1.807) is 23.0 Å². The number of ether oxygens (including phenoxy) is 1. The van der Waals surface area contributed by atoms with Crippen LogP contribution in [0.2, 0.25) is 5.15 Å². The number of pyridine rings is 1. The van der Waals surface area contributed by atoms with E-state index in [0.29, 0.717) is 6.42 Å². The summed E-state index contributed by atoms with van der Waals surface area (Å²) in [6.45, 7) is 0.287. The van der Waals surface area contributed by atoms with Crippen molar-refractivity contribution in [2.75, 3.05) is 6.61 Å². The predicted octanol–water partition coefficient (Wildman–Crippen LogP) is 1.87. The number of aryl methyl sites for hydroxylation is 1. The number of aromatic nitrogens is 3. The highest BCUT2D eigenvalue weighted by Gasteiger charge is 2.11. The Hall–Kier alpha value is -1.88. The average molecular weight is 266 g/mol. The number of esters is 1. The van der Waals surface area contributed by atoms with Gasteiger partial charge in [0.15, 0.2) is 0 Å². The lowest BCUT2D eigenvalue weighted by Gasteiger charge is -2.04. The molecule has 0 radical (unpaired) electrons. The molecule has 94 valence electrons. The molecule has 0 unspecified atom stereocenters. The van der Waals surface area contributed by atoms with E-state index in [1.165, 1.54) is 6.20 Å². The highest BCUT2D eigenvalue weighted by Crippen LogP contribution is 2.12. The smallest absolute Gasteiger partial charge is 0.341 e. The van der Waals surface area contributed by atoms with E-state index in [-0.39, 0.29) is 17.3 Å². The SMILES string of the molecule is Cn1cc(CCOC(=O)c2cccnc2Cl)cn1. The molecule has 0 aliphatic heterocycles. The van der Waals surface area contributed by atoms with Crippen molar-refractivity contribution >= 4 is 17.6 Å². The van der Waals surface area contributed by atoms with Gasteiger partial charge in [0, 0.05) is 25.9 Å². The fourth-order valence-electron chi connectivity index (χ4n) is 1.48. The molecule has 0 amide bonds. The second-order valence-electron chi connectivity index (χ2n) is 3.75. The van der Waals surface area contributed by atoms with Gasteiger partial charge in [-0.3, -0.25) is 4.68 Å². The second-order valence-corrected chi connectivity index (χ2v) is 4.11. The standard InChI is InChI=1S/C12H12ClN3O2/c1-16-8-9(7-15-16)4-6-18-12(17)10-3-2-5-14-11(10)13/h2-3,5,7-8H,4,6H2,1H3. The zero-order chi connectivity index (χ0) is 13.0. The van der Waals surface area contributed by atoms with Gasteiger partial charge in [-0.2, -0.15) is 5.10 Å². The van der Waals surface area contributed by atoms with Crippen LogP contribution >= 0.6 is 11.6 Å². The minimum absolute atomic E-state index is 0.156. The maximum absolute atomic E-state index is 11.7. The van der Waals surface area contributed by atoms with E-state index in [1.807, 2.05) is 13.2 Å². The Labute approximate surface area is 109 Å². The van der Waals surface area contributed by atoms with Crippen molar-refractivity contribution < 1.29 is 9.53 Å². The maximum Gasteiger partial charge on any atom is 0.341 e. The van der Waals surface area contributed by atoms with Crippen molar-refractivity contribution in [1.29, 1.82) is 0 Å². The highest BCUT2D eigenvalue weighted by atomic mass is 35.5. The third-order valence-corrected chi connectivity index (χ3v) is 2.66. The molecular formula is C12H12ClN3O2. The first kappa shape index (κ1) is 12.6. The van der Waals surface area contributed by atoms with Gasteiger partial charge in [-0.25, -0.2) is 9.78 Å². The molecule has 0 N–H and O–H groups in total. The van der Waals surface area contributed by atoms with Crippen LogP contribution in [0.3, 0.4) is 0 Å². The Morgan fingerprint density at radius 1 is 1.56 bits per heavy atom. The van der Waals surface area contributed by atoms with E-state index >= 15 is 0 Å². The molecule has 0 aromatic carbocycles. The molecule has 0 saturated carbocycles. The largest absolute Gasteiger partial charge is 0.462 e. The highest BCUT2D eigenvalue weighted by molar-refractivity contribution is 6.32. The lowest BCUT2D eigenvalue weighted by atomic mass is 10.2. The fourth-order valence-corrected chi connectivity index (χ4v) is 1.68. The number of halogens is 1. The van der Waals surface area contributed by atoms with Crippen LogP contribution < -0.4 is 0 Å². The topological polar surface area (TPSA) is 57.0 Å². The number of rotatable bonds is 4. The van der Waals surface area contributed by atoms with E-state index in [2.05, 4.69) is 10.1 Å². The third-order valence-electron chi connectivity index (χ3n) is 2.36. The zero-order valence-electron chi connectivity index (χ0n) is 9.84. The number of nitrogens with zero attached hydrogens (tertiary/aromatic N) is 3. The summed E-state index contributed by atoms with van der Waals surface area (Å²) in [6, 6.07) is 3.23. The molecule has 0 fully saturated rings. The van der Waals surface area contributed by atoms with Gasteiger partial charge >= 0.3 is 5.97 Å². The van der Waals surface area contributed by atoms with Crippen LogP contribution in [0.1, 0.15) is 15.9 Å². The number of hydrogen-bond acceptors (Lipinski definition) is 4. The Morgan fingerprint density at radius 3 is 3.06 bits per heavy atom. The first-order valence-electron chi connectivity index (χ1n) is 5.42. The first-order valence-corrected chi connectivity index (χ1v) is 5.80. The molecular weight excluding hydrogens is 254 g/mol. The van der Waals surface area contributed by atoms with E-state index in [4.69, 9.17) is 16.3 Å². The van der Waals surface area contributed by atoms with E-state index in [0.717, 1.165) is 5.56 Å². The molecule has 2 aromatic rings. The molecule has 0 aliphatic carbocycles. The number of carbonyl (C=O) groups excluding carboxylic acids is 1. The van der Waals surface area contributed by atoms with Crippen molar-refractivity contribution in [3.63, 3.8) is 0 Å². The fraction of sp³-hybridized carbons (Fsp3) is 0.250. The van der Waals surface area contributed by atoms with Crippen LogP contribution in [0.5, 0.6) is 0 Å². The Bertz CT molecular complexity index is 554. The van der Waals surface area contributed by atoms with Crippen molar-refractivity contribution in [3.05, 3.63) is 47.0 Å². The Balaban J connectivity index is 1.87. The third kappa shape index (κ3) is 3.07. The molecule has 0 spiro atoms. The second kappa shape index (κ2) is 5.64. The van der Waals surface area contributed by atoms with Gasteiger partial charge in [0.1, 0.15) is 5.15 Å².